The van der Waals surface area contributed by atoms with Crippen LogP contribution >= 0.6 is 0 Å². The maximum absolute atomic E-state index is 13.0. The van der Waals surface area contributed by atoms with E-state index in [0.29, 0.717) is 26.3 Å². The van der Waals surface area contributed by atoms with Crippen molar-refractivity contribution < 1.29 is 17.9 Å². The van der Waals surface area contributed by atoms with Crippen LogP contribution in [0.15, 0.2) is 59.5 Å². The monoisotopic (exact) mass is 402 g/mol. The second kappa shape index (κ2) is 8.86. The number of hydrogen-bond acceptors (Lipinski definition) is 4. The van der Waals surface area contributed by atoms with E-state index in [1.165, 1.54) is 0 Å². The molecule has 150 valence electrons. The van der Waals surface area contributed by atoms with Gasteiger partial charge in [-0.25, -0.2) is 13.1 Å². The van der Waals surface area contributed by atoms with Gasteiger partial charge in [-0.05, 0) is 24.6 Å². The Kier molecular flexibility index (Phi) is 6.49. The Morgan fingerprint density at radius 2 is 1.64 bits per heavy atom. The largest absolute Gasteiger partial charge is 0.378 e. The molecule has 0 unspecified atom stereocenters. The Morgan fingerprint density at radius 1 is 1.04 bits per heavy atom. The van der Waals surface area contributed by atoms with Crippen LogP contribution in [0.1, 0.15) is 24.1 Å². The van der Waals surface area contributed by atoms with Gasteiger partial charge in [0.25, 0.3) is 0 Å². The zero-order chi connectivity index (χ0) is 20.1. The lowest BCUT2D eigenvalue weighted by Crippen LogP contribution is -2.46. The van der Waals surface area contributed by atoms with Gasteiger partial charge in [0.1, 0.15) is 0 Å². The first kappa shape index (κ1) is 20.5. The number of nitrogens with one attached hydrogen (secondary N) is 1. The van der Waals surface area contributed by atoms with Crippen LogP contribution in [-0.2, 0) is 19.6 Å². The van der Waals surface area contributed by atoms with Gasteiger partial charge in [-0.3, -0.25) is 4.79 Å². The van der Waals surface area contributed by atoms with Crippen molar-refractivity contribution >= 4 is 15.9 Å². The minimum absolute atomic E-state index is 0.0799. The maximum Gasteiger partial charge on any atom is 0.241 e. The molecule has 1 N–H and O–H groups in total. The number of morpholine rings is 1. The number of ether oxygens (including phenoxy) is 1. The van der Waals surface area contributed by atoms with Crippen LogP contribution in [0.4, 0.5) is 0 Å². The summed E-state index contributed by atoms with van der Waals surface area (Å²) in [6, 6.07) is 15.2. The standard InChI is InChI=1S/C21H26N2O4S/c1-16-8-10-19(11-9-16)28(25,26)22-20(18-6-4-3-5-7-18)17(2)21(24)23-12-14-27-15-13-23/h3-11,17,20,22H,12-15H2,1-2H3/t17-,20+/m1/s1. The van der Waals surface area contributed by atoms with Crippen molar-refractivity contribution in [3.8, 4) is 0 Å². The number of aryl methyl sites for hydroxylation is 1. The molecule has 1 heterocycles. The first-order chi connectivity index (χ1) is 13.4. The Bertz CT molecular complexity index is 892. The molecule has 2 aromatic rings. The lowest BCUT2D eigenvalue weighted by Gasteiger charge is -2.32. The minimum atomic E-state index is -3.78. The van der Waals surface area contributed by atoms with Gasteiger partial charge < -0.3 is 9.64 Å². The van der Waals surface area contributed by atoms with Crippen molar-refractivity contribution in [1.29, 1.82) is 0 Å². The molecule has 1 aliphatic rings. The normalized spacial score (nSPS) is 17.1. The van der Waals surface area contributed by atoms with Gasteiger partial charge in [0.05, 0.1) is 30.1 Å². The summed E-state index contributed by atoms with van der Waals surface area (Å²) in [5.74, 6) is -0.635. The van der Waals surface area contributed by atoms with Crippen LogP contribution in [0.5, 0.6) is 0 Å². The highest BCUT2D eigenvalue weighted by Crippen LogP contribution is 2.26. The number of rotatable bonds is 6. The number of sulfonamides is 1. The van der Waals surface area contributed by atoms with E-state index in [-0.39, 0.29) is 10.8 Å². The first-order valence-electron chi connectivity index (χ1n) is 9.39. The fraction of sp³-hybridized carbons (Fsp3) is 0.381. The number of hydrogen-bond donors (Lipinski definition) is 1. The molecule has 1 aliphatic heterocycles. The van der Waals surface area contributed by atoms with Crippen LogP contribution in [0.2, 0.25) is 0 Å². The summed E-state index contributed by atoms with van der Waals surface area (Å²) < 4.78 is 34.0. The third-order valence-electron chi connectivity index (χ3n) is 4.98. The molecule has 0 aromatic heterocycles. The highest BCUT2D eigenvalue weighted by molar-refractivity contribution is 7.89. The molecule has 6 nitrogen and oxygen atoms in total. The van der Waals surface area contributed by atoms with E-state index in [2.05, 4.69) is 4.72 Å². The molecule has 0 aliphatic carbocycles. The summed E-state index contributed by atoms with van der Waals surface area (Å²) in [5.41, 5.74) is 1.74. The zero-order valence-electron chi connectivity index (χ0n) is 16.2. The van der Waals surface area contributed by atoms with Crippen molar-refractivity contribution in [2.24, 2.45) is 5.92 Å². The van der Waals surface area contributed by atoms with E-state index in [4.69, 9.17) is 4.74 Å². The number of carbonyl (C=O) groups is 1. The molecule has 7 heteroatoms. The third kappa shape index (κ3) is 4.79. The second-order valence-corrected chi connectivity index (χ2v) is 8.76. The van der Waals surface area contributed by atoms with Gasteiger partial charge in [0.2, 0.25) is 15.9 Å². The summed E-state index contributed by atoms with van der Waals surface area (Å²) in [4.78, 5) is 14.9. The van der Waals surface area contributed by atoms with Crippen LogP contribution in [0.25, 0.3) is 0 Å². The van der Waals surface area contributed by atoms with E-state index in [1.54, 1.807) is 36.1 Å². The van der Waals surface area contributed by atoms with Crippen molar-refractivity contribution in [3.05, 3.63) is 65.7 Å². The van der Waals surface area contributed by atoms with Crippen molar-refractivity contribution in [3.63, 3.8) is 0 Å². The van der Waals surface area contributed by atoms with Gasteiger partial charge in [0, 0.05) is 13.1 Å². The molecule has 1 amide bonds. The maximum atomic E-state index is 13.0. The summed E-state index contributed by atoms with van der Waals surface area (Å²) in [7, 11) is -3.78. The number of benzene rings is 2. The molecule has 0 saturated carbocycles. The van der Waals surface area contributed by atoms with Gasteiger partial charge in [-0.15, -0.1) is 0 Å². The van der Waals surface area contributed by atoms with Crippen molar-refractivity contribution in [1.82, 2.24) is 9.62 Å². The predicted octanol–water partition coefficient (Wildman–Crippen LogP) is 2.51. The first-order valence-corrected chi connectivity index (χ1v) is 10.9. The van der Waals surface area contributed by atoms with E-state index in [9.17, 15) is 13.2 Å². The van der Waals surface area contributed by atoms with E-state index in [1.807, 2.05) is 37.3 Å². The summed E-state index contributed by atoms with van der Waals surface area (Å²) in [5, 5.41) is 0. The molecule has 0 radical (unpaired) electrons. The van der Waals surface area contributed by atoms with Crippen molar-refractivity contribution in [2.45, 2.75) is 24.8 Å². The highest BCUT2D eigenvalue weighted by atomic mass is 32.2. The molecule has 0 bridgehead atoms. The van der Waals surface area contributed by atoms with Crippen LogP contribution in [0, 0.1) is 12.8 Å². The van der Waals surface area contributed by atoms with Gasteiger partial charge >= 0.3 is 0 Å². The fourth-order valence-electron chi connectivity index (χ4n) is 3.29. The van der Waals surface area contributed by atoms with E-state index in [0.717, 1.165) is 11.1 Å². The average Bonchev–Trinajstić information content (AvgIpc) is 2.72. The van der Waals surface area contributed by atoms with Crippen LogP contribution in [-0.4, -0.2) is 45.5 Å². The average molecular weight is 403 g/mol. The molecular formula is C21H26N2O4S. The van der Waals surface area contributed by atoms with Gasteiger partial charge in [0.15, 0.2) is 0 Å². The number of nitrogens with zero attached hydrogens (tertiary/aromatic N) is 1. The molecule has 3 rings (SSSR count). The molecule has 0 spiro atoms. The third-order valence-corrected chi connectivity index (χ3v) is 6.44. The topological polar surface area (TPSA) is 75.7 Å². The second-order valence-electron chi connectivity index (χ2n) is 7.05. The fourth-order valence-corrected chi connectivity index (χ4v) is 4.59. The SMILES string of the molecule is Cc1ccc(S(=O)(=O)N[C@H](c2ccccc2)[C@@H](C)C(=O)N2CCOCC2)cc1. The van der Waals surface area contributed by atoms with Gasteiger partial charge in [-0.1, -0.05) is 55.0 Å². The summed E-state index contributed by atoms with van der Waals surface area (Å²) >= 11 is 0. The number of carbonyl (C=O) groups excluding carboxylic acids is 1. The summed E-state index contributed by atoms with van der Waals surface area (Å²) in [6.45, 7) is 5.73. The Labute approximate surface area is 166 Å². The lowest BCUT2D eigenvalue weighted by atomic mass is 9.94. The lowest BCUT2D eigenvalue weighted by molar-refractivity contribution is -0.139. The molecule has 2 aromatic carbocycles. The Balaban J connectivity index is 1.89. The Morgan fingerprint density at radius 3 is 2.25 bits per heavy atom. The van der Waals surface area contributed by atoms with Gasteiger partial charge in [-0.2, -0.15) is 0 Å². The molecule has 2 atom stereocenters. The minimum Gasteiger partial charge on any atom is -0.378 e. The van der Waals surface area contributed by atoms with E-state index < -0.39 is 22.0 Å². The van der Waals surface area contributed by atoms with Crippen LogP contribution < -0.4 is 4.72 Å². The molecule has 1 saturated heterocycles. The highest BCUT2D eigenvalue weighted by Gasteiger charge is 2.33. The predicted molar refractivity (Wildman–Crippen MR) is 107 cm³/mol. The van der Waals surface area contributed by atoms with Crippen LogP contribution in [0.3, 0.4) is 0 Å². The smallest absolute Gasteiger partial charge is 0.241 e. The molecule has 1 fully saturated rings. The number of amides is 1. The Hall–Kier alpha value is -2.22. The molecular weight excluding hydrogens is 376 g/mol. The van der Waals surface area contributed by atoms with Crippen molar-refractivity contribution in [2.75, 3.05) is 26.3 Å². The van der Waals surface area contributed by atoms with E-state index >= 15 is 0 Å². The zero-order valence-corrected chi connectivity index (χ0v) is 17.0. The summed E-state index contributed by atoms with van der Waals surface area (Å²) in [6.07, 6.45) is 0. The quantitative estimate of drug-likeness (QED) is 0.806. The molecule has 28 heavy (non-hydrogen) atoms.